The molecule has 2 N–H and O–H groups in total. The van der Waals surface area contributed by atoms with Crippen LogP contribution in [0.15, 0.2) is 79.5 Å². The highest BCUT2D eigenvalue weighted by Gasteiger charge is 2.10. The molecule has 0 spiro atoms. The van der Waals surface area contributed by atoms with Crippen molar-refractivity contribution in [1.29, 1.82) is 0 Å². The van der Waals surface area contributed by atoms with Crippen LogP contribution in [0, 0.1) is 0 Å². The van der Waals surface area contributed by atoms with Crippen molar-refractivity contribution in [3.05, 3.63) is 79.5 Å². The predicted molar refractivity (Wildman–Crippen MR) is 125 cm³/mol. The van der Waals surface area contributed by atoms with E-state index in [1.54, 1.807) is 36.0 Å². The van der Waals surface area contributed by atoms with E-state index in [0.29, 0.717) is 11.6 Å². The topological polar surface area (TPSA) is 91.7 Å². The van der Waals surface area contributed by atoms with Crippen LogP contribution in [0.25, 0.3) is 33.3 Å². The molecule has 0 aliphatic carbocycles. The molecule has 1 amide bonds. The summed E-state index contributed by atoms with van der Waals surface area (Å²) in [6.45, 7) is 0. The number of amides is 1. The van der Waals surface area contributed by atoms with Gasteiger partial charge < -0.3 is 10.2 Å². The third-order valence-electron chi connectivity index (χ3n) is 5.15. The fraction of sp³-hybridized carbons (Fsp3) is 0.0833. The maximum absolute atomic E-state index is 12.2. The zero-order valence-electron chi connectivity index (χ0n) is 17.6. The zero-order chi connectivity index (χ0) is 22.1. The third kappa shape index (κ3) is 3.81. The summed E-state index contributed by atoms with van der Waals surface area (Å²) < 4.78 is 1.58. The van der Waals surface area contributed by atoms with Gasteiger partial charge in [-0.3, -0.25) is 9.67 Å². The van der Waals surface area contributed by atoms with Gasteiger partial charge in [-0.15, -0.1) is 0 Å². The van der Waals surface area contributed by atoms with E-state index in [1.807, 2.05) is 67.1 Å². The minimum atomic E-state index is -0.0935. The molecule has 0 aliphatic heterocycles. The summed E-state index contributed by atoms with van der Waals surface area (Å²) in [6, 6.07) is 15.7. The van der Waals surface area contributed by atoms with E-state index in [2.05, 4.69) is 25.5 Å². The number of H-pyrrole nitrogens is 1. The molecule has 32 heavy (non-hydrogen) atoms. The van der Waals surface area contributed by atoms with Crippen LogP contribution in [-0.4, -0.2) is 49.8 Å². The van der Waals surface area contributed by atoms with Crippen LogP contribution in [0.3, 0.4) is 0 Å². The number of rotatable bonds is 4. The number of nitrogens with zero attached hydrogens (tertiary/aromatic N) is 5. The molecule has 0 aliphatic rings. The second-order valence-corrected chi connectivity index (χ2v) is 7.64. The van der Waals surface area contributed by atoms with E-state index < -0.39 is 0 Å². The fourth-order valence-electron chi connectivity index (χ4n) is 3.49. The number of fused-ring (bicyclic) bond motifs is 1. The molecular weight excluding hydrogens is 402 g/mol. The van der Waals surface area contributed by atoms with Crippen molar-refractivity contribution in [2.24, 2.45) is 0 Å². The van der Waals surface area contributed by atoms with Gasteiger partial charge in [0.2, 0.25) is 0 Å². The van der Waals surface area contributed by atoms with Crippen LogP contribution in [0.1, 0.15) is 0 Å². The molecule has 0 bridgehead atoms. The second kappa shape index (κ2) is 7.99. The lowest BCUT2D eigenvalue weighted by Gasteiger charge is -2.09. The molecule has 5 rings (SSSR count). The Bertz CT molecular complexity index is 1390. The van der Waals surface area contributed by atoms with Crippen molar-refractivity contribution < 1.29 is 4.79 Å². The van der Waals surface area contributed by atoms with Crippen LogP contribution >= 0.6 is 0 Å². The molecule has 3 aromatic heterocycles. The first-order valence-corrected chi connectivity index (χ1v) is 10.1. The molecule has 5 aromatic rings. The first-order chi connectivity index (χ1) is 15.6. The minimum Gasteiger partial charge on any atom is -0.340 e. The Morgan fingerprint density at radius 3 is 2.50 bits per heavy atom. The summed E-state index contributed by atoms with van der Waals surface area (Å²) in [6.07, 6.45) is 9.04. The van der Waals surface area contributed by atoms with E-state index in [4.69, 9.17) is 0 Å². The average molecular weight is 423 g/mol. The van der Waals surface area contributed by atoms with Gasteiger partial charge in [0, 0.05) is 61.1 Å². The highest BCUT2D eigenvalue weighted by molar-refractivity contribution is 5.90. The molecule has 0 radical (unpaired) electrons. The van der Waals surface area contributed by atoms with Crippen molar-refractivity contribution in [1.82, 2.24) is 29.6 Å². The number of anilines is 2. The number of nitrogens with one attached hydrogen (secondary N) is 2. The van der Waals surface area contributed by atoms with Gasteiger partial charge in [0.05, 0.1) is 6.20 Å². The molecule has 8 nitrogen and oxygen atoms in total. The van der Waals surface area contributed by atoms with Crippen LogP contribution < -0.4 is 5.32 Å². The largest absolute Gasteiger partial charge is 0.340 e. The van der Waals surface area contributed by atoms with Gasteiger partial charge in [0.25, 0.3) is 0 Å². The normalized spacial score (nSPS) is 10.9. The highest BCUT2D eigenvalue weighted by Crippen LogP contribution is 2.25. The summed E-state index contributed by atoms with van der Waals surface area (Å²) in [5, 5.41) is 12.1. The molecule has 0 atom stereocenters. The molecule has 3 heterocycles. The van der Waals surface area contributed by atoms with Gasteiger partial charge in [-0.1, -0.05) is 24.3 Å². The number of hydrogen-bond acceptors (Lipinski definition) is 5. The van der Waals surface area contributed by atoms with Gasteiger partial charge in [0.1, 0.15) is 5.82 Å². The first kappa shape index (κ1) is 19.5. The molecule has 0 saturated heterocycles. The summed E-state index contributed by atoms with van der Waals surface area (Å²) in [5.41, 5.74) is 3.93. The van der Waals surface area contributed by atoms with Gasteiger partial charge in [-0.05, 0) is 35.2 Å². The standard InChI is InChI=1S/C24H21N7O/c1-30(2)24(32)31-14-18-4-3-17(11-19(18)15-31)23-25-10-9-22(29-23)28-21-7-5-16(6-8-21)20-12-26-27-13-20/h3-15H,1-2H3,(H,26,27)(H,25,28,29). The maximum atomic E-state index is 12.2. The van der Waals surface area contributed by atoms with E-state index >= 15 is 0 Å². The fourth-order valence-corrected chi connectivity index (χ4v) is 3.49. The summed E-state index contributed by atoms with van der Waals surface area (Å²) in [5.74, 6) is 1.31. The number of aromatic amines is 1. The maximum Gasteiger partial charge on any atom is 0.327 e. The Morgan fingerprint density at radius 1 is 0.969 bits per heavy atom. The number of carbonyl (C=O) groups excluding carboxylic acids is 1. The Hall–Kier alpha value is -4.46. The van der Waals surface area contributed by atoms with Crippen molar-refractivity contribution in [3.63, 3.8) is 0 Å². The Labute approximate surface area is 184 Å². The summed E-state index contributed by atoms with van der Waals surface area (Å²) in [4.78, 5) is 22.9. The smallest absolute Gasteiger partial charge is 0.327 e. The van der Waals surface area contributed by atoms with Crippen LogP contribution in [-0.2, 0) is 0 Å². The van der Waals surface area contributed by atoms with Crippen LogP contribution in [0.5, 0.6) is 0 Å². The molecule has 0 fully saturated rings. The van der Waals surface area contributed by atoms with Crippen LogP contribution in [0.2, 0.25) is 0 Å². The minimum absolute atomic E-state index is 0.0935. The lowest BCUT2D eigenvalue weighted by molar-refractivity contribution is 0.219. The monoisotopic (exact) mass is 423 g/mol. The van der Waals surface area contributed by atoms with Crippen molar-refractivity contribution >= 4 is 28.3 Å². The average Bonchev–Trinajstić information content (AvgIpc) is 3.49. The quantitative estimate of drug-likeness (QED) is 0.435. The molecule has 0 unspecified atom stereocenters. The number of carbonyl (C=O) groups is 1. The van der Waals surface area contributed by atoms with E-state index in [1.165, 1.54) is 0 Å². The summed E-state index contributed by atoms with van der Waals surface area (Å²) in [7, 11) is 3.46. The Balaban J connectivity index is 1.38. The van der Waals surface area contributed by atoms with Crippen LogP contribution in [0.4, 0.5) is 16.3 Å². The molecule has 8 heteroatoms. The van der Waals surface area contributed by atoms with E-state index in [-0.39, 0.29) is 6.03 Å². The molecule has 0 saturated carbocycles. The van der Waals surface area contributed by atoms with Crippen molar-refractivity contribution in [2.45, 2.75) is 0 Å². The lowest BCUT2D eigenvalue weighted by atomic mass is 10.1. The zero-order valence-corrected chi connectivity index (χ0v) is 17.6. The first-order valence-electron chi connectivity index (χ1n) is 10.1. The van der Waals surface area contributed by atoms with Crippen molar-refractivity contribution in [3.8, 4) is 22.5 Å². The SMILES string of the molecule is CN(C)C(=O)n1cc2ccc(-c3nccc(Nc4ccc(-c5cn[nH]c5)cc4)n3)cc2c1. The predicted octanol–water partition coefficient (Wildman–Crippen LogP) is 4.76. The van der Waals surface area contributed by atoms with Crippen molar-refractivity contribution in [2.75, 3.05) is 19.4 Å². The second-order valence-electron chi connectivity index (χ2n) is 7.64. The van der Waals surface area contributed by atoms with E-state index in [9.17, 15) is 4.79 Å². The van der Waals surface area contributed by atoms with Gasteiger partial charge in [-0.2, -0.15) is 5.10 Å². The van der Waals surface area contributed by atoms with Gasteiger partial charge >= 0.3 is 6.03 Å². The van der Waals surface area contributed by atoms with Gasteiger partial charge in [0.15, 0.2) is 5.82 Å². The highest BCUT2D eigenvalue weighted by atomic mass is 16.2. The van der Waals surface area contributed by atoms with Gasteiger partial charge in [-0.25, -0.2) is 14.8 Å². The number of hydrogen-bond donors (Lipinski definition) is 2. The molecule has 158 valence electrons. The van der Waals surface area contributed by atoms with E-state index in [0.717, 1.165) is 33.2 Å². The number of benzene rings is 2. The molecular formula is C24H21N7O. The lowest BCUT2D eigenvalue weighted by Crippen LogP contribution is -2.25. The Morgan fingerprint density at radius 2 is 1.75 bits per heavy atom. The third-order valence-corrected chi connectivity index (χ3v) is 5.15. The summed E-state index contributed by atoms with van der Waals surface area (Å²) >= 11 is 0. The number of aromatic nitrogens is 5. The molecule has 2 aromatic carbocycles. The Kier molecular flexibility index (Phi) is 4.87.